The normalized spacial score (nSPS) is 28.6. The Balaban J connectivity index is 2.15. The molecule has 1 aromatic carbocycles. The van der Waals surface area contributed by atoms with Crippen LogP contribution < -0.4 is 5.73 Å². The van der Waals surface area contributed by atoms with E-state index < -0.39 is 17.3 Å². The van der Waals surface area contributed by atoms with Crippen molar-refractivity contribution in [1.82, 2.24) is 0 Å². The third kappa shape index (κ3) is 3.03. The van der Waals surface area contributed by atoms with Gasteiger partial charge in [-0.2, -0.15) is 13.2 Å². The minimum atomic E-state index is -4.34. The molecule has 1 fully saturated rings. The van der Waals surface area contributed by atoms with Gasteiger partial charge in [0.05, 0.1) is 11.2 Å². The number of aliphatic hydroxyl groups is 1. The quantitative estimate of drug-likeness (QED) is 0.857. The minimum absolute atomic E-state index is 0.0548. The monoisotopic (exact) mass is 259 g/mol. The fourth-order valence-electron chi connectivity index (χ4n) is 2.54. The molecule has 2 nitrogen and oxygen atoms in total. The van der Waals surface area contributed by atoms with Crippen molar-refractivity contribution in [3.8, 4) is 0 Å². The Morgan fingerprint density at radius 2 is 2.11 bits per heavy atom. The predicted octanol–water partition coefficient (Wildman–Crippen LogP) is 2.49. The molecule has 2 rings (SSSR count). The standard InChI is InChI=1S/C13H16F3NO/c14-13(15,16)10-3-1-2-9(6-10)7-12(18)5-4-11(17)8-12/h1-3,6,11,18H,4-5,7-8,17H2. The Labute approximate surface area is 104 Å². The van der Waals surface area contributed by atoms with E-state index in [1.807, 2.05) is 0 Å². The fraction of sp³-hybridized carbons (Fsp3) is 0.538. The highest BCUT2D eigenvalue weighted by Crippen LogP contribution is 2.34. The van der Waals surface area contributed by atoms with E-state index in [0.717, 1.165) is 18.6 Å². The zero-order valence-electron chi connectivity index (χ0n) is 9.87. The lowest BCUT2D eigenvalue weighted by Crippen LogP contribution is -2.30. The predicted molar refractivity (Wildman–Crippen MR) is 61.9 cm³/mol. The van der Waals surface area contributed by atoms with Crippen LogP contribution in [0.1, 0.15) is 30.4 Å². The van der Waals surface area contributed by atoms with Crippen molar-refractivity contribution < 1.29 is 18.3 Å². The first-order valence-corrected chi connectivity index (χ1v) is 5.93. The van der Waals surface area contributed by atoms with E-state index in [1.54, 1.807) is 6.07 Å². The SMILES string of the molecule is NC1CCC(O)(Cc2cccc(C(F)(F)F)c2)C1. The summed E-state index contributed by atoms with van der Waals surface area (Å²) in [6.07, 6.45) is -2.40. The van der Waals surface area contributed by atoms with Crippen LogP contribution in [0.3, 0.4) is 0 Å². The van der Waals surface area contributed by atoms with E-state index in [9.17, 15) is 18.3 Å². The first kappa shape index (κ1) is 13.4. The maximum Gasteiger partial charge on any atom is 0.416 e. The van der Waals surface area contributed by atoms with Gasteiger partial charge < -0.3 is 10.8 Å². The molecule has 1 saturated carbocycles. The van der Waals surface area contributed by atoms with Crippen molar-refractivity contribution in [1.29, 1.82) is 0 Å². The highest BCUT2D eigenvalue weighted by atomic mass is 19.4. The molecular formula is C13H16F3NO. The molecule has 2 atom stereocenters. The summed E-state index contributed by atoms with van der Waals surface area (Å²) >= 11 is 0. The average molecular weight is 259 g/mol. The summed E-state index contributed by atoms with van der Waals surface area (Å²) in [5.41, 5.74) is 4.59. The Bertz CT molecular complexity index is 432. The number of alkyl halides is 3. The van der Waals surface area contributed by atoms with Crippen LogP contribution in [-0.4, -0.2) is 16.7 Å². The second kappa shape index (κ2) is 4.55. The molecule has 2 unspecified atom stereocenters. The Morgan fingerprint density at radius 1 is 1.39 bits per heavy atom. The van der Waals surface area contributed by atoms with Gasteiger partial charge in [-0.1, -0.05) is 18.2 Å². The number of rotatable bonds is 2. The fourth-order valence-corrected chi connectivity index (χ4v) is 2.54. The highest BCUT2D eigenvalue weighted by molar-refractivity contribution is 5.27. The maximum absolute atomic E-state index is 12.6. The summed E-state index contributed by atoms with van der Waals surface area (Å²) < 4.78 is 37.7. The molecule has 100 valence electrons. The Kier molecular flexibility index (Phi) is 3.38. The molecular weight excluding hydrogens is 243 g/mol. The number of nitrogens with two attached hydrogens (primary N) is 1. The van der Waals surface area contributed by atoms with Crippen molar-refractivity contribution in [2.45, 2.75) is 43.5 Å². The van der Waals surface area contributed by atoms with E-state index in [4.69, 9.17) is 5.73 Å². The lowest BCUT2D eigenvalue weighted by atomic mass is 9.92. The third-order valence-electron chi connectivity index (χ3n) is 3.41. The van der Waals surface area contributed by atoms with Crippen molar-refractivity contribution in [3.05, 3.63) is 35.4 Å². The molecule has 0 aliphatic heterocycles. The second-order valence-corrected chi connectivity index (χ2v) is 5.10. The molecule has 18 heavy (non-hydrogen) atoms. The largest absolute Gasteiger partial charge is 0.416 e. The van der Waals surface area contributed by atoms with Gasteiger partial charge in [0.25, 0.3) is 0 Å². The summed E-state index contributed by atoms with van der Waals surface area (Å²) in [4.78, 5) is 0. The van der Waals surface area contributed by atoms with Gasteiger partial charge in [0.1, 0.15) is 0 Å². The van der Waals surface area contributed by atoms with Crippen LogP contribution in [0.4, 0.5) is 13.2 Å². The average Bonchev–Trinajstić information content (AvgIpc) is 2.57. The molecule has 0 saturated heterocycles. The van der Waals surface area contributed by atoms with Crippen molar-refractivity contribution in [3.63, 3.8) is 0 Å². The summed E-state index contributed by atoms with van der Waals surface area (Å²) in [7, 11) is 0. The molecule has 3 N–H and O–H groups in total. The van der Waals surface area contributed by atoms with E-state index in [2.05, 4.69) is 0 Å². The molecule has 0 aromatic heterocycles. The number of halogens is 3. The highest BCUT2D eigenvalue weighted by Gasteiger charge is 2.36. The van der Waals surface area contributed by atoms with Crippen LogP contribution in [-0.2, 0) is 12.6 Å². The number of benzene rings is 1. The molecule has 0 bridgehead atoms. The van der Waals surface area contributed by atoms with Crippen molar-refractivity contribution in [2.75, 3.05) is 0 Å². The van der Waals surface area contributed by atoms with Gasteiger partial charge in [-0.05, 0) is 30.9 Å². The maximum atomic E-state index is 12.6. The molecule has 1 aliphatic carbocycles. The van der Waals surface area contributed by atoms with Crippen LogP contribution in [0.25, 0.3) is 0 Å². The van der Waals surface area contributed by atoms with Gasteiger partial charge in [-0.25, -0.2) is 0 Å². The van der Waals surface area contributed by atoms with E-state index in [0.29, 0.717) is 18.4 Å². The minimum Gasteiger partial charge on any atom is -0.389 e. The zero-order chi connectivity index (χ0) is 13.4. The van der Waals surface area contributed by atoms with Gasteiger partial charge in [-0.3, -0.25) is 0 Å². The number of hydrogen-bond acceptors (Lipinski definition) is 2. The molecule has 1 aromatic rings. The van der Waals surface area contributed by atoms with E-state index >= 15 is 0 Å². The van der Waals surface area contributed by atoms with Crippen LogP contribution in [0.2, 0.25) is 0 Å². The third-order valence-corrected chi connectivity index (χ3v) is 3.41. The van der Waals surface area contributed by atoms with Gasteiger partial charge in [0, 0.05) is 12.5 Å². The Morgan fingerprint density at radius 3 is 2.67 bits per heavy atom. The molecule has 0 amide bonds. The first-order valence-electron chi connectivity index (χ1n) is 5.93. The van der Waals surface area contributed by atoms with Crippen molar-refractivity contribution >= 4 is 0 Å². The van der Waals surface area contributed by atoms with E-state index in [-0.39, 0.29) is 12.5 Å². The van der Waals surface area contributed by atoms with Gasteiger partial charge >= 0.3 is 6.18 Å². The summed E-state index contributed by atoms with van der Waals surface area (Å²) in [6, 6.07) is 5.06. The van der Waals surface area contributed by atoms with Crippen LogP contribution >= 0.6 is 0 Å². The summed E-state index contributed by atoms with van der Waals surface area (Å²) in [5, 5.41) is 10.2. The summed E-state index contributed by atoms with van der Waals surface area (Å²) in [5.74, 6) is 0. The van der Waals surface area contributed by atoms with Gasteiger partial charge in [0.2, 0.25) is 0 Å². The van der Waals surface area contributed by atoms with E-state index in [1.165, 1.54) is 6.07 Å². The molecule has 0 radical (unpaired) electrons. The molecule has 0 heterocycles. The van der Waals surface area contributed by atoms with Crippen LogP contribution in [0.5, 0.6) is 0 Å². The first-order chi connectivity index (χ1) is 8.28. The second-order valence-electron chi connectivity index (χ2n) is 5.10. The van der Waals surface area contributed by atoms with Crippen molar-refractivity contribution in [2.24, 2.45) is 5.73 Å². The molecule has 1 aliphatic rings. The lowest BCUT2D eigenvalue weighted by molar-refractivity contribution is -0.137. The molecule has 0 spiro atoms. The zero-order valence-corrected chi connectivity index (χ0v) is 9.87. The van der Waals surface area contributed by atoms with Crippen LogP contribution in [0.15, 0.2) is 24.3 Å². The Hall–Kier alpha value is -1.07. The van der Waals surface area contributed by atoms with Crippen LogP contribution in [0, 0.1) is 0 Å². The van der Waals surface area contributed by atoms with Gasteiger partial charge in [-0.15, -0.1) is 0 Å². The lowest BCUT2D eigenvalue weighted by Gasteiger charge is -2.23. The smallest absolute Gasteiger partial charge is 0.389 e. The van der Waals surface area contributed by atoms with Gasteiger partial charge in [0.15, 0.2) is 0 Å². The topological polar surface area (TPSA) is 46.2 Å². The molecule has 5 heteroatoms. The summed E-state index contributed by atoms with van der Waals surface area (Å²) in [6.45, 7) is 0. The number of hydrogen-bond donors (Lipinski definition) is 2.